The van der Waals surface area contributed by atoms with E-state index >= 15 is 0 Å². The van der Waals surface area contributed by atoms with Crippen molar-refractivity contribution in [3.05, 3.63) is 52.7 Å². The van der Waals surface area contributed by atoms with Gasteiger partial charge in [-0.1, -0.05) is 25.0 Å². The molecule has 25 heavy (non-hydrogen) atoms. The molecule has 1 saturated carbocycles. The molecule has 2 aliphatic rings. The van der Waals surface area contributed by atoms with Crippen LogP contribution in [-0.2, 0) is 14.3 Å². The second kappa shape index (κ2) is 6.93. The van der Waals surface area contributed by atoms with Gasteiger partial charge in [0, 0.05) is 12.2 Å². The average molecular weight is 341 g/mol. The van der Waals surface area contributed by atoms with Crippen molar-refractivity contribution in [2.45, 2.75) is 31.7 Å². The van der Waals surface area contributed by atoms with Gasteiger partial charge in [-0.25, -0.2) is 9.59 Å². The maximum Gasteiger partial charge on any atom is 0.340 e. The van der Waals surface area contributed by atoms with Crippen LogP contribution in [0.5, 0.6) is 0 Å². The number of amides is 1. The summed E-state index contributed by atoms with van der Waals surface area (Å²) in [5, 5.41) is 8.96. The van der Waals surface area contributed by atoms with Crippen LogP contribution in [0.1, 0.15) is 41.6 Å². The van der Waals surface area contributed by atoms with Crippen molar-refractivity contribution >= 4 is 23.9 Å². The number of carbonyl (C=O) groups excluding carboxylic acids is 2. The number of ether oxygens (including phenoxy) is 1. The molecule has 1 N–H and O–H groups in total. The summed E-state index contributed by atoms with van der Waals surface area (Å²) in [5.41, 5.74) is 1.33. The van der Waals surface area contributed by atoms with Crippen LogP contribution in [0.25, 0.3) is 6.08 Å². The standard InChI is InChI=1S/C19H19NO5/c1-25-19(24)16-11-20(14-4-2-3-5-14)17(21)15(16)10-12-6-8-13(9-7-12)18(22)23/h6-11,14H,2-5H2,1H3,(H,22,23). The van der Waals surface area contributed by atoms with Crippen LogP contribution in [0.3, 0.4) is 0 Å². The maximum absolute atomic E-state index is 12.8. The van der Waals surface area contributed by atoms with Crippen LogP contribution in [0, 0.1) is 0 Å². The lowest BCUT2D eigenvalue weighted by Gasteiger charge is -2.21. The predicted octanol–water partition coefficient (Wildman–Crippen LogP) is 2.61. The molecule has 1 amide bonds. The normalized spacial score (nSPS) is 19.4. The zero-order valence-electron chi connectivity index (χ0n) is 13.9. The third-order valence-corrected chi connectivity index (χ3v) is 4.62. The van der Waals surface area contributed by atoms with E-state index in [1.807, 2.05) is 0 Å². The second-order valence-corrected chi connectivity index (χ2v) is 6.17. The number of nitrogens with zero attached hydrogens (tertiary/aromatic N) is 1. The van der Waals surface area contributed by atoms with Gasteiger partial charge in [-0.05, 0) is 36.6 Å². The van der Waals surface area contributed by atoms with E-state index in [0.717, 1.165) is 25.7 Å². The molecule has 0 atom stereocenters. The average Bonchev–Trinajstić information content (AvgIpc) is 3.24. The Hall–Kier alpha value is -2.89. The number of hydrogen-bond donors (Lipinski definition) is 1. The van der Waals surface area contributed by atoms with Crippen LogP contribution >= 0.6 is 0 Å². The molecule has 0 radical (unpaired) electrons. The van der Waals surface area contributed by atoms with Crippen LogP contribution in [0.15, 0.2) is 41.6 Å². The molecule has 0 spiro atoms. The summed E-state index contributed by atoms with van der Waals surface area (Å²) < 4.78 is 4.81. The van der Waals surface area contributed by atoms with E-state index in [0.29, 0.717) is 5.56 Å². The lowest BCUT2D eigenvalue weighted by atomic mass is 10.0. The van der Waals surface area contributed by atoms with E-state index in [1.54, 1.807) is 29.3 Å². The van der Waals surface area contributed by atoms with Crippen LogP contribution in [-0.4, -0.2) is 41.0 Å². The molecule has 1 aliphatic heterocycles. The minimum Gasteiger partial charge on any atom is -0.478 e. The highest BCUT2D eigenvalue weighted by Crippen LogP contribution is 2.33. The number of carboxylic acid groups (broad SMARTS) is 1. The number of methoxy groups -OCH3 is 1. The molecule has 0 bridgehead atoms. The first-order valence-electron chi connectivity index (χ1n) is 8.19. The molecule has 1 heterocycles. The molecular weight excluding hydrogens is 322 g/mol. The Morgan fingerprint density at radius 3 is 2.40 bits per heavy atom. The van der Waals surface area contributed by atoms with Gasteiger partial charge in [-0.2, -0.15) is 0 Å². The fourth-order valence-electron chi connectivity index (χ4n) is 3.28. The summed E-state index contributed by atoms with van der Waals surface area (Å²) >= 11 is 0. The number of hydrogen-bond acceptors (Lipinski definition) is 4. The monoisotopic (exact) mass is 341 g/mol. The van der Waals surface area contributed by atoms with Crippen LogP contribution < -0.4 is 0 Å². The second-order valence-electron chi connectivity index (χ2n) is 6.17. The molecule has 130 valence electrons. The highest BCUT2D eigenvalue weighted by molar-refractivity contribution is 6.15. The Morgan fingerprint density at radius 2 is 1.84 bits per heavy atom. The minimum atomic E-state index is -1.02. The highest BCUT2D eigenvalue weighted by Gasteiger charge is 2.37. The van der Waals surface area contributed by atoms with E-state index < -0.39 is 11.9 Å². The van der Waals surface area contributed by atoms with Gasteiger partial charge in [-0.3, -0.25) is 4.79 Å². The number of benzene rings is 1. The Morgan fingerprint density at radius 1 is 1.20 bits per heavy atom. The molecule has 6 heteroatoms. The SMILES string of the molecule is COC(=O)C1=CN(C2CCCC2)C(=O)C1=Cc1ccc(C(=O)O)cc1. The minimum absolute atomic E-state index is 0.118. The smallest absolute Gasteiger partial charge is 0.340 e. The zero-order valence-corrected chi connectivity index (χ0v) is 13.9. The molecule has 1 aliphatic carbocycles. The molecule has 6 nitrogen and oxygen atoms in total. The van der Waals surface area contributed by atoms with Gasteiger partial charge in [0.1, 0.15) is 0 Å². The molecule has 0 saturated heterocycles. The number of carboxylic acids is 1. The number of esters is 1. The van der Waals surface area contributed by atoms with Gasteiger partial charge in [0.15, 0.2) is 0 Å². The molecule has 0 aromatic heterocycles. The summed E-state index contributed by atoms with van der Waals surface area (Å²) in [6.45, 7) is 0. The van der Waals surface area contributed by atoms with E-state index in [1.165, 1.54) is 19.2 Å². The van der Waals surface area contributed by atoms with Gasteiger partial charge in [0.2, 0.25) is 0 Å². The number of aromatic carboxylic acids is 1. The van der Waals surface area contributed by atoms with E-state index in [9.17, 15) is 14.4 Å². The summed E-state index contributed by atoms with van der Waals surface area (Å²) in [7, 11) is 1.28. The lowest BCUT2D eigenvalue weighted by Crippen LogP contribution is -2.31. The van der Waals surface area contributed by atoms with Crippen molar-refractivity contribution in [1.29, 1.82) is 0 Å². The lowest BCUT2D eigenvalue weighted by molar-refractivity contribution is -0.136. The summed E-state index contributed by atoms with van der Waals surface area (Å²) in [6, 6.07) is 6.26. The fourth-order valence-corrected chi connectivity index (χ4v) is 3.28. The van der Waals surface area contributed by atoms with Gasteiger partial charge in [0.25, 0.3) is 5.91 Å². The Labute approximate surface area is 145 Å². The summed E-state index contributed by atoms with van der Waals surface area (Å²) in [4.78, 5) is 37.5. The van der Waals surface area contributed by atoms with Crippen molar-refractivity contribution in [3.63, 3.8) is 0 Å². The fraction of sp³-hybridized carbons (Fsp3) is 0.316. The third kappa shape index (κ3) is 3.33. The molecule has 1 aromatic carbocycles. The first-order chi connectivity index (χ1) is 12.0. The summed E-state index contributed by atoms with van der Waals surface area (Å²) in [6.07, 6.45) is 7.19. The van der Waals surface area contributed by atoms with Crippen LogP contribution in [0.4, 0.5) is 0 Å². The molecule has 3 rings (SSSR count). The van der Waals surface area contributed by atoms with E-state index in [4.69, 9.17) is 9.84 Å². The van der Waals surface area contributed by atoms with Crippen molar-refractivity contribution in [3.8, 4) is 0 Å². The first kappa shape index (κ1) is 17.0. The highest BCUT2D eigenvalue weighted by atomic mass is 16.5. The van der Waals surface area contributed by atoms with Crippen molar-refractivity contribution in [1.82, 2.24) is 4.90 Å². The number of carbonyl (C=O) groups is 3. The van der Waals surface area contributed by atoms with Crippen molar-refractivity contribution in [2.75, 3.05) is 7.11 Å². The van der Waals surface area contributed by atoms with Gasteiger partial charge < -0.3 is 14.7 Å². The summed E-state index contributed by atoms with van der Waals surface area (Å²) in [5.74, 6) is -1.78. The molecule has 1 aromatic rings. The Balaban J connectivity index is 1.94. The maximum atomic E-state index is 12.8. The molecular formula is C19H19NO5. The first-order valence-corrected chi connectivity index (χ1v) is 8.19. The van der Waals surface area contributed by atoms with Gasteiger partial charge in [-0.15, -0.1) is 0 Å². The largest absolute Gasteiger partial charge is 0.478 e. The Kier molecular flexibility index (Phi) is 4.70. The van der Waals surface area contributed by atoms with Gasteiger partial charge >= 0.3 is 11.9 Å². The zero-order chi connectivity index (χ0) is 18.0. The molecule has 1 fully saturated rings. The van der Waals surface area contributed by atoms with Crippen molar-refractivity contribution < 1.29 is 24.2 Å². The van der Waals surface area contributed by atoms with E-state index in [2.05, 4.69) is 0 Å². The topological polar surface area (TPSA) is 83.9 Å². The van der Waals surface area contributed by atoms with E-state index in [-0.39, 0.29) is 28.7 Å². The molecule has 0 unspecified atom stereocenters. The van der Waals surface area contributed by atoms with Gasteiger partial charge in [0.05, 0.1) is 23.8 Å². The predicted molar refractivity (Wildman–Crippen MR) is 90.6 cm³/mol. The Bertz CT molecular complexity index is 770. The third-order valence-electron chi connectivity index (χ3n) is 4.62. The quantitative estimate of drug-likeness (QED) is 0.672. The number of rotatable bonds is 4. The van der Waals surface area contributed by atoms with Crippen LogP contribution in [0.2, 0.25) is 0 Å². The van der Waals surface area contributed by atoms with Crippen molar-refractivity contribution in [2.24, 2.45) is 0 Å².